The number of amides is 1. The second kappa shape index (κ2) is 8.39. The van der Waals surface area contributed by atoms with Crippen molar-refractivity contribution in [3.05, 3.63) is 59.4 Å². The van der Waals surface area contributed by atoms with E-state index >= 15 is 0 Å². The summed E-state index contributed by atoms with van der Waals surface area (Å²) in [6.07, 6.45) is 4.49. The van der Waals surface area contributed by atoms with Crippen LogP contribution < -0.4 is 10.1 Å². The van der Waals surface area contributed by atoms with Gasteiger partial charge in [-0.05, 0) is 43.2 Å². The third-order valence-corrected chi connectivity index (χ3v) is 3.54. The highest BCUT2D eigenvalue weighted by molar-refractivity contribution is 6.32. The summed E-state index contributed by atoms with van der Waals surface area (Å²) in [6.45, 7) is 2.41. The van der Waals surface area contributed by atoms with Crippen LogP contribution in [0, 0.1) is 0 Å². The van der Waals surface area contributed by atoms with Crippen LogP contribution in [0.15, 0.2) is 48.8 Å². The molecule has 4 nitrogen and oxygen atoms in total. The molecule has 0 unspecified atom stereocenters. The Labute approximate surface area is 135 Å². The van der Waals surface area contributed by atoms with Crippen LogP contribution in [0.25, 0.3) is 0 Å². The van der Waals surface area contributed by atoms with Crippen molar-refractivity contribution in [1.29, 1.82) is 0 Å². The van der Waals surface area contributed by atoms with E-state index in [1.165, 1.54) is 0 Å². The Morgan fingerprint density at radius 2 is 2.00 bits per heavy atom. The lowest BCUT2D eigenvalue weighted by Gasteiger charge is -2.14. The molecule has 0 bridgehead atoms. The van der Waals surface area contributed by atoms with Gasteiger partial charge in [0.15, 0.2) is 0 Å². The van der Waals surface area contributed by atoms with Crippen molar-refractivity contribution in [3.8, 4) is 5.75 Å². The summed E-state index contributed by atoms with van der Waals surface area (Å²) < 4.78 is 5.56. The van der Waals surface area contributed by atoms with Gasteiger partial charge in [-0.3, -0.25) is 9.78 Å². The smallest absolute Gasteiger partial charge is 0.220 e. The average molecular weight is 319 g/mol. The van der Waals surface area contributed by atoms with Gasteiger partial charge in [-0.15, -0.1) is 0 Å². The minimum atomic E-state index is -0.0278. The molecular weight excluding hydrogens is 300 g/mol. The van der Waals surface area contributed by atoms with E-state index in [-0.39, 0.29) is 11.9 Å². The maximum atomic E-state index is 11.9. The normalized spacial score (nSPS) is 11.7. The standard InChI is InChI=1S/C17H19ClN2O2/c1-13(14-8-10-19-11-9-14)20-17(21)7-4-12-22-16-6-3-2-5-15(16)18/h2-3,5-6,8-11,13H,4,7,12H2,1H3,(H,20,21)/t13-/m0/s1. The number of para-hydroxylation sites is 1. The topological polar surface area (TPSA) is 51.2 Å². The minimum absolute atomic E-state index is 0.00655. The largest absolute Gasteiger partial charge is 0.492 e. The van der Waals surface area contributed by atoms with E-state index < -0.39 is 0 Å². The molecule has 1 N–H and O–H groups in total. The summed E-state index contributed by atoms with van der Waals surface area (Å²) in [5, 5.41) is 3.54. The third kappa shape index (κ3) is 5.04. The zero-order valence-electron chi connectivity index (χ0n) is 12.5. The van der Waals surface area contributed by atoms with Gasteiger partial charge in [-0.2, -0.15) is 0 Å². The number of nitrogens with zero attached hydrogens (tertiary/aromatic N) is 1. The van der Waals surface area contributed by atoms with Crippen LogP contribution >= 0.6 is 11.6 Å². The first-order valence-corrected chi connectivity index (χ1v) is 7.61. The predicted octanol–water partition coefficient (Wildman–Crippen LogP) is 3.77. The van der Waals surface area contributed by atoms with Gasteiger partial charge in [0.25, 0.3) is 0 Å². The molecule has 2 rings (SSSR count). The number of nitrogens with one attached hydrogen (secondary N) is 1. The molecule has 1 heterocycles. The maximum absolute atomic E-state index is 11.9. The molecule has 1 aromatic carbocycles. The SMILES string of the molecule is C[C@H](NC(=O)CCCOc1ccccc1Cl)c1ccncc1. The summed E-state index contributed by atoms with van der Waals surface area (Å²) in [7, 11) is 0. The zero-order valence-corrected chi connectivity index (χ0v) is 13.2. The number of aromatic nitrogens is 1. The van der Waals surface area contributed by atoms with Crippen molar-refractivity contribution in [2.24, 2.45) is 0 Å². The highest BCUT2D eigenvalue weighted by atomic mass is 35.5. The van der Waals surface area contributed by atoms with Crippen LogP contribution in [0.4, 0.5) is 0 Å². The Hall–Kier alpha value is -2.07. The van der Waals surface area contributed by atoms with Crippen LogP contribution in [-0.4, -0.2) is 17.5 Å². The van der Waals surface area contributed by atoms with E-state index in [0.29, 0.717) is 30.2 Å². The van der Waals surface area contributed by atoms with E-state index in [0.717, 1.165) is 5.56 Å². The van der Waals surface area contributed by atoms with E-state index in [4.69, 9.17) is 16.3 Å². The first-order chi connectivity index (χ1) is 10.7. The van der Waals surface area contributed by atoms with Gasteiger partial charge >= 0.3 is 0 Å². The molecule has 116 valence electrons. The number of carbonyl (C=O) groups is 1. The Balaban J connectivity index is 1.69. The highest BCUT2D eigenvalue weighted by Gasteiger charge is 2.09. The molecule has 0 aliphatic rings. The summed E-state index contributed by atoms with van der Waals surface area (Å²) in [5.41, 5.74) is 1.04. The van der Waals surface area contributed by atoms with Crippen LogP contribution in [0.5, 0.6) is 5.75 Å². The molecule has 0 aliphatic heterocycles. The molecular formula is C17H19ClN2O2. The number of hydrogen-bond acceptors (Lipinski definition) is 3. The fourth-order valence-electron chi connectivity index (χ4n) is 2.03. The Morgan fingerprint density at radius 1 is 1.27 bits per heavy atom. The molecule has 1 aromatic heterocycles. The highest BCUT2D eigenvalue weighted by Crippen LogP contribution is 2.23. The molecule has 1 atom stereocenters. The molecule has 1 amide bonds. The molecule has 0 radical (unpaired) electrons. The van der Waals surface area contributed by atoms with Crippen molar-refractivity contribution in [2.45, 2.75) is 25.8 Å². The lowest BCUT2D eigenvalue weighted by atomic mass is 10.1. The van der Waals surface area contributed by atoms with Crippen LogP contribution in [0.1, 0.15) is 31.4 Å². The summed E-state index contributed by atoms with van der Waals surface area (Å²) in [4.78, 5) is 15.9. The average Bonchev–Trinajstić information content (AvgIpc) is 2.54. The van der Waals surface area contributed by atoms with Crippen molar-refractivity contribution in [1.82, 2.24) is 10.3 Å². The third-order valence-electron chi connectivity index (χ3n) is 3.23. The van der Waals surface area contributed by atoms with Gasteiger partial charge < -0.3 is 10.1 Å². The number of halogens is 1. The lowest BCUT2D eigenvalue weighted by molar-refractivity contribution is -0.121. The number of carbonyl (C=O) groups excluding carboxylic acids is 1. The van der Waals surface area contributed by atoms with Gasteiger partial charge in [0.2, 0.25) is 5.91 Å². The van der Waals surface area contributed by atoms with E-state index in [2.05, 4.69) is 10.3 Å². The fraction of sp³-hybridized carbons (Fsp3) is 0.294. The maximum Gasteiger partial charge on any atom is 0.220 e. The van der Waals surface area contributed by atoms with E-state index in [1.807, 2.05) is 37.3 Å². The van der Waals surface area contributed by atoms with Gasteiger partial charge in [-0.1, -0.05) is 23.7 Å². The Kier molecular flexibility index (Phi) is 6.22. The molecule has 0 fully saturated rings. The number of benzene rings is 1. The van der Waals surface area contributed by atoms with E-state index in [1.54, 1.807) is 18.5 Å². The predicted molar refractivity (Wildman–Crippen MR) is 87.0 cm³/mol. The van der Waals surface area contributed by atoms with Crippen molar-refractivity contribution in [3.63, 3.8) is 0 Å². The van der Waals surface area contributed by atoms with Crippen LogP contribution in [0.3, 0.4) is 0 Å². The number of hydrogen-bond donors (Lipinski definition) is 1. The van der Waals surface area contributed by atoms with Crippen molar-refractivity contribution in [2.75, 3.05) is 6.61 Å². The molecule has 22 heavy (non-hydrogen) atoms. The zero-order chi connectivity index (χ0) is 15.8. The van der Waals surface area contributed by atoms with Crippen LogP contribution in [-0.2, 0) is 4.79 Å². The second-order valence-corrected chi connectivity index (χ2v) is 5.36. The van der Waals surface area contributed by atoms with Crippen molar-refractivity contribution < 1.29 is 9.53 Å². The molecule has 0 saturated heterocycles. The minimum Gasteiger partial charge on any atom is -0.492 e. The first kappa shape index (κ1) is 16.3. The second-order valence-electron chi connectivity index (χ2n) is 4.95. The molecule has 5 heteroatoms. The molecule has 0 saturated carbocycles. The molecule has 0 aliphatic carbocycles. The summed E-state index contributed by atoms with van der Waals surface area (Å²) in [6, 6.07) is 11.1. The van der Waals surface area contributed by atoms with Gasteiger partial charge in [0, 0.05) is 18.8 Å². The molecule has 2 aromatic rings. The summed E-state index contributed by atoms with van der Waals surface area (Å²) in [5.74, 6) is 0.654. The Bertz CT molecular complexity index is 605. The van der Waals surface area contributed by atoms with Crippen molar-refractivity contribution >= 4 is 17.5 Å². The number of ether oxygens (including phenoxy) is 1. The quantitative estimate of drug-likeness (QED) is 0.791. The number of rotatable bonds is 7. The first-order valence-electron chi connectivity index (χ1n) is 7.23. The monoisotopic (exact) mass is 318 g/mol. The number of pyridine rings is 1. The van der Waals surface area contributed by atoms with E-state index in [9.17, 15) is 4.79 Å². The molecule has 0 spiro atoms. The van der Waals surface area contributed by atoms with Gasteiger partial charge in [-0.25, -0.2) is 0 Å². The Morgan fingerprint density at radius 3 is 2.73 bits per heavy atom. The van der Waals surface area contributed by atoms with Gasteiger partial charge in [0.1, 0.15) is 5.75 Å². The van der Waals surface area contributed by atoms with Crippen LogP contribution in [0.2, 0.25) is 5.02 Å². The summed E-state index contributed by atoms with van der Waals surface area (Å²) >= 11 is 5.99. The fourth-order valence-corrected chi connectivity index (χ4v) is 2.22. The lowest BCUT2D eigenvalue weighted by Crippen LogP contribution is -2.26. The van der Waals surface area contributed by atoms with Gasteiger partial charge in [0.05, 0.1) is 17.7 Å².